The van der Waals surface area contributed by atoms with Gasteiger partial charge in [-0.3, -0.25) is 9.59 Å². The number of rotatable bonds is 5. The number of fused-ring (bicyclic) bond motifs is 1. The molecule has 0 radical (unpaired) electrons. The topological polar surface area (TPSA) is 58.2 Å². The molecule has 0 saturated carbocycles. The van der Waals surface area contributed by atoms with Gasteiger partial charge in [-0.15, -0.1) is 11.3 Å². The van der Waals surface area contributed by atoms with Crippen molar-refractivity contribution in [1.29, 1.82) is 0 Å². The second-order valence-electron chi connectivity index (χ2n) is 5.97. The van der Waals surface area contributed by atoms with E-state index in [0.717, 1.165) is 16.3 Å². The Morgan fingerprint density at radius 3 is 2.44 bits per heavy atom. The fourth-order valence-corrected chi connectivity index (χ4v) is 3.41. The molecular formula is C20H20N2O2S. The summed E-state index contributed by atoms with van der Waals surface area (Å²) in [6, 6.07) is 16.9. The molecule has 4 nitrogen and oxygen atoms in total. The number of amides is 2. The fraction of sp³-hybridized carbons (Fsp3) is 0.200. The van der Waals surface area contributed by atoms with E-state index < -0.39 is 6.04 Å². The molecule has 3 aromatic rings. The van der Waals surface area contributed by atoms with E-state index in [9.17, 15) is 9.59 Å². The van der Waals surface area contributed by atoms with Gasteiger partial charge in [0.15, 0.2) is 0 Å². The predicted octanol–water partition coefficient (Wildman–Crippen LogP) is 3.90. The van der Waals surface area contributed by atoms with Crippen LogP contribution < -0.4 is 10.6 Å². The van der Waals surface area contributed by atoms with Crippen molar-refractivity contribution >= 4 is 33.9 Å². The van der Waals surface area contributed by atoms with Gasteiger partial charge in [0.05, 0.1) is 10.9 Å². The molecular weight excluding hydrogens is 332 g/mol. The van der Waals surface area contributed by atoms with Crippen molar-refractivity contribution in [2.24, 2.45) is 0 Å². The van der Waals surface area contributed by atoms with Crippen molar-refractivity contribution in [3.05, 3.63) is 70.4 Å². The van der Waals surface area contributed by atoms with E-state index in [4.69, 9.17) is 0 Å². The van der Waals surface area contributed by atoms with Crippen LogP contribution in [0.2, 0.25) is 0 Å². The largest absolute Gasteiger partial charge is 0.348 e. The number of benzene rings is 2. The fourth-order valence-electron chi connectivity index (χ4n) is 2.79. The molecule has 2 amide bonds. The number of carbonyl (C=O) groups is 2. The maximum Gasteiger partial charge on any atom is 0.261 e. The zero-order valence-electron chi connectivity index (χ0n) is 14.2. The highest BCUT2D eigenvalue weighted by atomic mass is 32.1. The molecule has 2 N–H and O–H groups in total. The van der Waals surface area contributed by atoms with Crippen LogP contribution in [0.5, 0.6) is 0 Å². The lowest BCUT2D eigenvalue weighted by Crippen LogP contribution is -2.45. The van der Waals surface area contributed by atoms with Gasteiger partial charge in [-0.25, -0.2) is 0 Å². The first kappa shape index (κ1) is 17.2. The van der Waals surface area contributed by atoms with Crippen LogP contribution in [-0.2, 0) is 4.79 Å². The van der Waals surface area contributed by atoms with E-state index in [1.807, 2.05) is 42.6 Å². The lowest BCUT2D eigenvalue weighted by atomic mass is 9.99. The molecule has 0 aliphatic heterocycles. The van der Waals surface area contributed by atoms with Crippen LogP contribution in [0.3, 0.4) is 0 Å². The molecule has 128 valence electrons. The first-order valence-electron chi connectivity index (χ1n) is 8.18. The van der Waals surface area contributed by atoms with Crippen molar-refractivity contribution in [2.45, 2.75) is 25.9 Å². The quantitative estimate of drug-likeness (QED) is 0.732. The number of nitrogens with one attached hydrogen (secondary N) is 2. The summed E-state index contributed by atoms with van der Waals surface area (Å²) >= 11 is 1.35. The van der Waals surface area contributed by atoms with Gasteiger partial charge in [0.2, 0.25) is 5.91 Å². The number of hydrogen-bond acceptors (Lipinski definition) is 3. The van der Waals surface area contributed by atoms with Gasteiger partial charge in [-0.1, -0.05) is 48.5 Å². The third kappa shape index (κ3) is 3.88. The Balaban J connectivity index is 1.68. The number of hydrogen-bond donors (Lipinski definition) is 2. The zero-order chi connectivity index (χ0) is 17.8. The van der Waals surface area contributed by atoms with Gasteiger partial charge in [0.1, 0.15) is 6.04 Å². The van der Waals surface area contributed by atoms with Crippen molar-refractivity contribution < 1.29 is 9.59 Å². The Morgan fingerprint density at radius 1 is 0.920 bits per heavy atom. The van der Waals surface area contributed by atoms with Gasteiger partial charge < -0.3 is 10.6 Å². The molecule has 1 aromatic heterocycles. The van der Waals surface area contributed by atoms with Gasteiger partial charge in [-0.2, -0.15) is 0 Å². The molecule has 0 spiro atoms. The van der Waals surface area contributed by atoms with Crippen molar-refractivity contribution in [3.8, 4) is 0 Å². The summed E-state index contributed by atoms with van der Waals surface area (Å²) in [7, 11) is 0. The average Bonchev–Trinajstić information content (AvgIpc) is 3.15. The van der Waals surface area contributed by atoms with Crippen LogP contribution in [-0.4, -0.2) is 17.9 Å². The van der Waals surface area contributed by atoms with Crippen LogP contribution >= 0.6 is 11.3 Å². The Labute approximate surface area is 150 Å². The van der Waals surface area contributed by atoms with E-state index in [1.54, 1.807) is 13.0 Å². The maximum absolute atomic E-state index is 12.4. The van der Waals surface area contributed by atoms with Crippen molar-refractivity contribution in [3.63, 3.8) is 0 Å². The smallest absolute Gasteiger partial charge is 0.261 e. The van der Waals surface area contributed by atoms with Crippen LogP contribution in [0.1, 0.15) is 35.1 Å². The molecule has 5 heteroatoms. The molecule has 2 aromatic carbocycles. The molecule has 2 unspecified atom stereocenters. The highest BCUT2D eigenvalue weighted by Crippen LogP contribution is 2.24. The monoisotopic (exact) mass is 352 g/mol. The molecule has 1 heterocycles. The summed E-state index contributed by atoms with van der Waals surface area (Å²) in [5.41, 5.74) is 1.06. The molecule has 0 bridgehead atoms. The summed E-state index contributed by atoms with van der Waals surface area (Å²) in [5.74, 6) is -0.430. The van der Waals surface area contributed by atoms with E-state index >= 15 is 0 Å². The summed E-state index contributed by atoms with van der Waals surface area (Å²) in [4.78, 5) is 25.1. The third-order valence-electron chi connectivity index (χ3n) is 4.13. The van der Waals surface area contributed by atoms with Crippen LogP contribution in [0.15, 0.2) is 60.0 Å². The molecule has 0 fully saturated rings. The van der Waals surface area contributed by atoms with Gasteiger partial charge in [-0.05, 0) is 41.6 Å². The first-order valence-corrected chi connectivity index (χ1v) is 9.06. The molecule has 0 aliphatic carbocycles. The SMILES string of the molecule is CC(NC(=O)c1cccs1)C(=O)NC(C)c1cccc2ccccc12. The van der Waals surface area contributed by atoms with Crippen LogP contribution in [0, 0.1) is 0 Å². The van der Waals surface area contributed by atoms with E-state index in [2.05, 4.69) is 28.8 Å². The average molecular weight is 352 g/mol. The minimum Gasteiger partial charge on any atom is -0.348 e. The van der Waals surface area contributed by atoms with Gasteiger partial charge >= 0.3 is 0 Å². The zero-order valence-corrected chi connectivity index (χ0v) is 15.0. The molecule has 0 saturated heterocycles. The first-order chi connectivity index (χ1) is 12.1. The maximum atomic E-state index is 12.4. The third-order valence-corrected chi connectivity index (χ3v) is 5.00. The molecule has 3 rings (SSSR count). The van der Waals surface area contributed by atoms with Crippen LogP contribution in [0.4, 0.5) is 0 Å². The summed E-state index contributed by atoms with van der Waals surface area (Å²) in [6.07, 6.45) is 0. The summed E-state index contributed by atoms with van der Waals surface area (Å²) < 4.78 is 0. The minimum absolute atomic E-state index is 0.153. The molecule has 2 atom stereocenters. The lowest BCUT2D eigenvalue weighted by Gasteiger charge is -2.20. The predicted molar refractivity (Wildman–Crippen MR) is 102 cm³/mol. The van der Waals surface area contributed by atoms with E-state index in [0.29, 0.717) is 4.88 Å². The van der Waals surface area contributed by atoms with Gasteiger partial charge in [0, 0.05) is 0 Å². The number of thiophene rings is 1. The minimum atomic E-state index is -0.605. The Hall–Kier alpha value is -2.66. The lowest BCUT2D eigenvalue weighted by molar-refractivity contribution is -0.123. The van der Waals surface area contributed by atoms with Crippen molar-refractivity contribution in [1.82, 2.24) is 10.6 Å². The summed E-state index contributed by atoms with van der Waals surface area (Å²) in [6.45, 7) is 3.64. The highest BCUT2D eigenvalue weighted by molar-refractivity contribution is 7.12. The molecule has 0 aliphatic rings. The second-order valence-corrected chi connectivity index (χ2v) is 6.92. The Bertz CT molecular complexity index is 884. The standard InChI is InChI=1S/C20H20N2O2S/c1-13(16-10-5-8-15-7-3-4-9-17(15)16)21-19(23)14(2)22-20(24)18-11-6-12-25-18/h3-14H,1-2H3,(H,21,23)(H,22,24). The Morgan fingerprint density at radius 2 is 1.68 bits per heavy atom. The van der Waals surface area contributed by atoms with Gasteiger partial charge in [0.25, 0.3) is 5.91 Å². The number of carbonyl (C=O) groups excluding carboxylic acids is 2. The summed E-state index contributed by atoms with van der Waals surface area (Å²) in [5, 5.41) is 9.82. The molecule has 25 heavy (non-hydrogen) atoms. The Kier molecular flexibility index (Phi) is 5.14. The second kappa shape index (κ2) is 7.49. The van der Waals surface area contributed by atoms with Crippen molar-refractivity contribution in [2.75, 3.05) is 0 Å². The van der Waals surface area contributed by atoms with E-state index in [-0.39, 0.29) is 17.9 Å². The van der Waals surface area contributed by atoms with Crippen LogP contribution in [0.25, 0.3) is 10.8 Å². The van der Waals surface area contributed by atoms with E-state index in [1.165, 1.54) is 11.3 Å². The highest BCUT2D eigenvalue weighted by Gasteiger charge is 2.20. The normalized spacial score (nSPS) is 13.2.